The van der Waals surface area contributed by atoms with Crippen molar-refractivity contribution in [2.24, 2.45) is 0 Å². The van der Waals surface area contributed by atoms with Gasteiger partial charge in [-0.2, -0.15) is 0 Å². The molecule has 0 radical (unpaired) electrons. The first-order chi connectivity index (χ1) is 4.30. The van der Waals surface area contributed by atoms with Crippen LogP contribution in [0.15, 0.2) is 30.3 Å². The summed E-state index contributed by atoms with van der Waals surface area (Å²) in [6.45, 7) is 0. The molecule has 0 bridgehead atoms. The van der Waals surface area contributed by atoms with Crippen molar-refractivity contribution < 1.29 is 14.2 Å². The van der Waals surface area contributed by atoms with Gasteiger partial charge in [0.15, 0.2) is 7.85 Å². The highest BCUT2D eigenvalue weighted by atomic mass is 19.0. The molecule has 0 saturated heterocycles. The highest BCUT2D eigenvalue weighted by Crippen LogP contribution is 1.95. The van der Waals surface area contributed by atoms with Crippen molar-refractivity contribution in [3.8, 4) is 0 Å². The molecule has 0 aromatic heterocycles. The molecule has 60 valence electrons. The second-order valence-corrected chi connectivity index (χ2v) is 1.92. The summed E-state index contributed by atoms with van der Waals surface area (Å²) in [5, 5.41) is 0. The lowest BCUT2D eigenvalue weighted by atomic mass is 9.95. The number of benzene rings is 1. The van der Waals surface area contributed by atoms with Crippen LogP contribution >= 0.6 is 0 Å². The molecular formula is C7H9BF2O. The molecule has 4 heteroatoms. The van der Waals surface area contributed by atoms with Crippen molar-refractivity contribution in [1.29, 1.82) is 0 Å². The number of carbonyl (C=O) groups is 1. The fourth-order valence-corrected chi connectivity index (χ4v) is 0.673. The summed E-state index contributed by atoms with van der Waals surface area (Å²) in [5.41, 5.74) is 0.896. The lowest BCUT2D eigenvalue weighted by molar-refractivity contribution is 0.108. The highest BCUT2D eigenvalue weighted by Gasteiger charge is 1.92. The first kappa shape index (κ1) is 12.5. The van der Waals surface area contributed by atoms with E-state index in [-0.39, 0.29) is 15.1 Å². The molecule has 0 N–H and O–H groups in total. The van der Waals surface area contributed by atoms with E-state index in [2.05, 4.69) is 0 Å². The normalized spacial score (nSPS) is 7.27. The van der Waals surface area contributed by atoms with Gasteiger partial charge in [-0.05, 0) is 0 Å². The molecule has 11 heavy (non-hydrogen) atoms. The Bertz CT molecular complexity index is 213. The molecule has 0 aliphatic rings. The number of hydrogen-bond acceptors (Lipinski definition) is 1. The average molecular weight is 158 g/mol. The zero-order chi connectivity index (χ0) is 6.69. The third-order valence-electron chi connectivity index (χ3n) is 1.18. The van der Waals surface area contributed by atoms with Crippen LogP contribution in [0.2, 0.25) is 0 Å². The maximum atomic E-state index is 10.6. The number of hydrogen-bond donors (Lipinski definition) is 0. The number of carbonyl (C=O) groups excluding carboxylic acids is 1. The number of rotatable bonds is 1. The Hall–Kier alpha value is -1.19. The van der Waals surface area contributed by atoms with E-state index in [9.17, 15) is 4.79 Å². The van der Waals surface area contributed by atoms with Gasteiger partial charge in [0.05, 0.1) is 0 Å². The van der Waals surface area contributed by atoms with E-state index in [1.807, 2.05) is 30.3 Å². The van der Waals surface area contributed by atoms with E-state index in [4.69, 9.17) is 0 Å². The average Bonchev–Trinajstić information content (AvgIpc) is 1.90. The summed E-state index contributed by atoms with van der Waals surface area (Å²) >= 11 is 0. The van der Waals surface area contributed by atoms with E-state index in [0.29, 0.717) is 0 Å². The molecule has 0 amide bonds. The van der Waals surface area contributed by atoms with Crippen LogP contribution < -0.4 is 0 Å². The Balaban J connectivity index is 0. The summed E-state index contributed by atoms with van der Waals surface area (Å²) in [6.07, 6.45) is 0. The lowest BCUT2D eigenvalue weighted by Crippen LogP contribution is -1.94. The van der Waals surface area contributed by atoms with E-state index >= 15 is 0 Å². The Labute approximate surface area is 64.6 Å². The first-order valence-electron chi connectivity index (χ1n) is 2.86. The zero-order valence-corrected chi connectivity index (χ0v) is 6.11. The Kier molecular flexibility index (Phi) is 6.34. The molecule has 0 unspecified atom stereocenters. The summed E-state index contributed by atoms with van der Waals surface area (Å²) in [5.74, 6) is 0. The SMILES string of the molecule is BC(=O)c1ccccc1.F.F. The quantitative estimate of drug-likeness (QED) is 0.551. The molecule has 1 nitrogen and oxygen atoms in total. The van der Waals surface area contributed by atoms with Crippen molar-refractivity contribution in [1.82, 2.24) is 0 Å². The monoisotopic (exact) mass is 158 g/mol. The summed E-state index contributed by atoms with van der Waals surface area (Å²) in [4.78, 5) is 10.6. The van der Waals surface area contributed by atoms with Crippen LogP contribution in [0.25, 0.3) is 0 Å². The van der Waals surface area contributed by atoms with Crippen LogP contribution in [-0.2, 0) is 0 Å². The summed E-state index contributed by atoms with van der Waals surface area (Å²) in [7, 11) is 1.56. The predicted octanol–water partition coefficient (Wildman–Crippen LogP) is 0.765. The van der Waals surface area contributed by atoms with Crippen LogP contribution in [0, 0.1) is 0 Å². The summed E-state index contributed by atoms with van der Waals surface area (Å²) < 4.78 is 0. The van der Waals surface area contributed by atoms with Crippen LogP contribution in [0.3, 0.4) is 0 Å². The molecule has 1 rings (SSSR count). The van der Waals surface area contributed by atoms with Crippen LogP contribution in [0.4, 0.5) is 9.41 Å². The van der Waals surface area contributed by atoms with E-state index in [0.717, 1.165) is 5.56 Å². The van der Waals surface area contributed by atoms with Crippen molar-refractivity contribution in [3.05, 3.63) is 35.9 Å². The predicted molar refractivity (Wildman–Crippen MR) is 44.3 cm³/mol. The number of halogens is 2. The Morgan fingerprint density at radius 2 is 1.55 bits per heavy atom. The Morgan fingerprint density at radius 3 is 1.82 bits per heavy atom. The van der Waals surface area contributed by atoms with Crippen LogP contribution in [-0.4, -0.2) is 13.5 Å². The van der Waals surface area contributed by atoms with Crippen LogP contribution in [0.1, 0.15) is 10.4 Å². The topological polar surface area (TPSA) is 17.1 Å². The van der Waals surface area contributed by atoms with Crippen molar-refractivity contribution in [2.75, 3.05) is 0 Å². The van der Waals surface area contributed by atoms with Gasteiger partial charge in [0.25, 0.3) is 0 Å². The zero-order valence-electron chi connectivity index (χ0n) is 6.11. The minimum atomic E-state index is 0. The van der Waals surface area contributed by atoms with Gasteiger partial charge in [-0.1, -0.05) is 30.3 Å². The molecule has 0 aliphatic carbocycles. The standard InChI is InChI=1S/C7H7BO.2FH/c8-7(9)6-4-2-1-3-5-6;;/h1-5H,8H2;2*1H. The highest BCUT2D eigenvalue weighted by molar-refractivity contribution is 6.62. The third kappa shape index (κ3) is 3.50. The van der Waals surface area contributed by atoms with Crippen molar-refractivity contribution in [2.45, 2.75) is 0 Å². The molecule has 0 aliphatic heterocycles. The van der Waals surface area contributed by atoms with Gasteiger partial charge in [-0.3, -0.25) is 9.41 Å². The molecule has 1 aromatic rings. The van der Waals surface area contributed by atoms with Gasteiger partial charge in [-0.15, -0.1) is 0 Å². The summed E-state index contributed by atoms with van der Waals surface area (Å²) in [6, 6.07) is 9.23. The van der Waals surface area contributed by atoms with E-state index < -0.39 is 0 Å². The third-order valence-corrected chi connectivity index (χ3v) is 1.18. The van der Waals surface area contributed by atoms with Gasteiger partial charge in [0, 0.05) is 5.56 Å². The van der Waals surface area contributed by atoms with E-state index in [1.54, 1.807) is 7.85 Å². The van der Waals surface area contributed by atoms with Gasteiger partial charge in [-0.25, -0.2) is 0 Å². The molecule has 0 saturated carbocycles. The fourth-order valence-electron chi connectivity index (χ4n) is 0.673. The smallest absolute Gasteiger partial charge is 0.193 e. The minimum Gasteiger partial charge on any atom is -0.307 e. The van der Waals surface area contributed by atoms with Gasteiger partial charge in [0.2, 0.25) is 0 Å². The van der Waals surface area contributed by atoms with Gasteiger partial charge < -0.3 is 4.79 Å². The Morgan fingerprint density at radius 1 is 1.09 bits per heavy atom. The lowest BCUT2D eigenvalue weighted by Gasteiger charge is -1.89. The molecular weight excluding hydrogens is 149 g/mol. The van der Waals surface area contributed by atoms with Crippen molar-refractivity contribution >= 4 is 13.5 Å². The van der Waals surface area contributed by atoms with Gasteiger partial charge >= 0.3 is 0 Å². The molecule has 0 heterocycles. The van der Waals surface area contributed by atoms with Crippen molar-refractivity contribution in [3.63, 3.8) is 0 Å². The second kappa shape index (κ2) is 5.59. The van der Waals surface area contributed by atoms with E-state index in [1.165, 1.54) is 0 Å². The molecule has 0 atom stereocenters. The van der Waals surface area contributed by atoms with Crippen LogP contribution in [0.5, 0.6) is 0 Å². The molecule has 1 aromatic carbocycles. The molecule has 0 spiro atoms. The first-order valence-corrected chi connectivity index (χ1v) is 2.86. The van der Waals surface area contributed by atoms with Gasteiger partial charge in [0.1, 0.15) is 5.68 Å². The fraction of sp³-hybridized carbons (Fsp3) is 0. The molecule has 0 fully saturated rings. The minimum absolute atomic E-state index is 0. The second-order valence-electron chi connectivity index (χ2n) is 1.92. The maximum Gasteiger partial charge on any atom is 0.193 e. The largest absolute Gasteiger partial charge is 0.307 e. The maximum absolute atomic E-state index is 10.6.